The molecule has 0 aliphatic carbocycles. The molecule has 17 heavy (non-hydrogen) atoms. The Bertz CT molecular complexity index is 639. The summed E-state index contributed by atoms with van der Waals surface area (Å²) in [4.78, 5) is 25.9. The van der Waals surface area contributed by atoms with Crippen LogP contribution in [0, 0.1) is 13.8 Å². The summed E-state index contributed by atoms with van der Waals surface area (Å²) < 4.78 is 6.42. The van der Waals surface area contributed by atoms with Crippen molar-refractivity contribution < 1.29 is 9.53 Å². The number of hydrogen-bond donors (Lipinski definition) is 1. The Balaban J connectivity index is 2.70. The first kappa shape index (κ1) is 11.4. The van der Waals surface area contributed by atoms with Crippen molar-refractivity contribution in [3.8, 4) is 0 Å². The van der Waals surface area contributed by atoms with Gasteiger partial charge in [0.1, 0.15) is 5.56 Å². The number of ether oxygens (including phenoxy) is 1. The molecule has 0 unspecified atom stereocenters. The maximum absolute atomic E-state index is 11.6. The molecule has 1 N–H and O–H groups in total. The summed E-state index contributed by atoms with van der Waals surface area (Å²) in [5.41, 5.74) is 1.71. The SMILES string of the molecule is CCOC(=O)c1cnn2c(C)c(C)c(=O)[nH]c12. The number of aromatic amines is 1. The number of esters is 1. The van der Waals surface area contributed by atoms with Crippen LogP contribution in [0.4, 0.5) is 0 Å². The fourth-order valence-electron chi connectivity index (χ4n) is 1.61. The molecule has 0 atom stereocenters. The Hall–Kier alpha value is -2.11. The highest BCUT2D eigenvalue weighted by atomic mass is 16.5. The van der Waals surface area contributed by atoms with Crippen LogP contribution in [0.15, 0.2) is 11.0 Å². The van der Waals surface area contributed by atoms with Crippen LogP contribution in [0.1, 0.15) is 28.5 Å². The number of aromatic nitrogens is 3. The van der Waals surface area contributed by atoms with E-state index in [1.165, 1.54) is 10.7 Å². The molecule has 2 aromatic heterocycles. The monoisotopic (exact) mass is 235 g/mol. The first-order valence-corrected chi connectivity index (χ1v) is 5.30. The van der Waals surface area contributed by atoms with Crippen LogP contribution in [0.2, 0.25) is 0 Å². The van der Waals surface area contributed by atoms with E-state index in [0.29, 0.717) is 16.9 Å². The largest absolute Gasteiger partial charge is 0.462 e. The van der Waals surface area contributed by atoms with Gasteiger partial charge in [0.2, 0.25) is 0 Å². The molecule has 0 spiro atoms. The molecule has 0 bridgehead atoms. The Labute approximate surface area is 97.2 Å². The molecule has 0 aliphatic rings. The van der Waals surface area contributed by atoms with E-state index in [-0.39, 0.29) is 17.7 Å². The average Bonchev–Trinajstić information content (AvgIpc) is 2.70. The van der Waals surface area contributed by atoms with E-state index in [9.17, 15) is 9.59 Å². The normalized spacial score (nSPS) is 10.8. The molecule has 90 valence electrons. The maximum Gasteiger partial charge on any atom is 0.343 e. The van der Waals surface area contributed by atoms with E-state index in [2.05, 4.69) is 10.1 Å². The predicted molar refractivity (Wildman–Crippen MR) is 61.2 cm³/mol. The Morgan fingerprint density at radius 3 is 2.88 bits per heavy atom. The van der Waals surface area contributed by atoms with Crippen molar-refractivity contribution in [1.29, 1.82) is 0 Å². The van der Waals surface area contributed by atoms with Gasteiger partial charge in [0, 0.05) is 11.3 Å². The number of nitrogens with one attached hydrogen (secondary N) is 1. The molecule has 0 saturated heterocycles. The number of rotatable bonds is 2. The summed E-state index contributed by atoms with van der Waals surface area (Å²) >= 11 is 0. The van der Waals surface area contributed by atoms with Gasteiger partial charge in [-0.2, -0.15) is 5.10 Å². The molecule has 0 saturated carbocycles. The Kier molecular flexibility index (Phi) is 2.71. The van der Waals surface area contributed by atoms with Crippen LogP contribution in [-0.4, -0.2) is 27.2 Å². The van der Waals surface area contributed by atoms with Crippen molar-refractivity contribution in [1.82, 2.24) is 14.6 Å². The van der Waals surface area contributed by atoms with Crippen LogP contribution in [0.3, 0.4) is 0 Å². The summed E-state index contributed by atoms with van der Waals surface area (Å²) in [6.07, 6.45) is 1.40. The summed E-state index contributed by atoms with van der Waals surface area (Å²) in [6.45, 7) is 5.49. The lowest BCUT2D eigenvalue weighted by Gasteiger charge is -2.03. The minimum atomic E-state index is -0.485. The molecule has 2 aromatic rings. The van der Waals surface area contributed by atoms with Gasteiger partial charge in [0.15, 0.2) is 5.65 Å². The van der Waals surface area contributed by atoms with Crippen molar-refractivity contribution in [2.45, 2.75) is 20.8 Å². The smallest absolute Gasteiger partial charge is 0.343 e. The van der Waals surface area contributed by atoms with Gasteiger partial charge in [0.05, 0.1) is 12.8 Å². The van der Waals surface area contributed by atoms with Crippen molar-refractivity contribution in [2.24, 2.45) is 0 Å². The molecule has 6 nitrogen and oxygen atoms in total. The van der Waals surface area contributed by atoms with Gasteiger partial charge in [-0.25, -0.2) is 9.31 Å². The highest BCUT2D eigenvalue weighted by Gasteiger charge is 2.16. The molecule has 6 heteroatoms. The number of carbonyl (C=O) groups excluding carboxylic acids is 1. The molecule has 0 radical (unpaired) electrons. The second-order valence-electron chi connectivity index (χ2n) is 3.70. The molecular weight excluding hydrogens is 222 g/mol. The number of carbonyl (C=O) groups is 1. The van der Waals surface area contributed by atoms with Crippen molar-refractivity contribution >= 4 is 11.6 Å². The number of nitrogens with zero attached hydrogens (tertiary/aromatic N) is 2. The lowest BCUT2D eigenvalue weighted by atomic mass is 10.2. The van der Waals surface area contributed by atoms with E-state index in [0.717, 1.165) is 0 Å². The summed E-state index contributed by atoms with van der Waals surface area (Å²) in [7, 11) is 0. The zero-order valence-electron chi connectivity index (χ0n) is 9.90. The summed E-state index contributed by atoms with van der Waals surface area (Å²) in [5.74, 6) is -0.485. The Morgan fingerprint density at radius 2 is 2.24 bits per heavy atom. The highest BCUT2D eigenvalue weighted by molar-refractivity contribution is 5.95. The third-order valence-electron chi connectivity index (χ3n) is 2.70. The van der Waals surface area contributed by atoms with Gasteiger partial charge in [-0.05, 0) is 20.8 Å². The molecule has 0 amide bonds. The van der Waals surface area contributed by atoms with Crippen LogP contribution in [0.25, 0.3) is 5.65 Å². The van der Waals surface area contributed by atoms with E-state index in [1.807, 2.05) is 0 Å². The number of aryl methyl sites for hydroxylation is 1. The number of hydrogen-bond acceptors (Lipinski definition) is 4. The second-order valence-corrected chi connectivity index (χ2v) is 3.70. The van der Waals surface area contributed by atoms with Gasteiger partial charge < -0.3 is 9.72 Å². The van der Waals surface area contributed by atoms with E-state index in [1.54, 1.807) is 20.8 Å². The molecule has 0 aliphatic heterocycles. The number of fused-ring (bicyclic) bond motifs is 1. The van der Waals surface area contributed by atoms with Gasteiger partial charge in [-0.15, -0.1) is 0 Å². The Morgan fingerprint density at radius 1 is 1.53 bits per heavy atom. The predicted octanol–water partition coefficient (Wildman–Crippen LogP) is 0.816. The lowest BCUT2D eigenvalue weighted by molar-refractivity contribution is 0.0528. The van der Waals surface area contributed by atoms with Crippen molar-refractivity contribution in [3.63, 3.8) is 0 Å². The third-order valence-corrected chi connectivity index (χ3v) is 2.70. The fourth-order valence-corrected chi connectivity index (χ4v) is 1.61. The molecule has 2 heterocycles. The van der Waals surface area contributed by atoms with Crippen LogP contribution < -0.4 is 5.56 Å². The van der Waals surface area contributed by atoms with Gasteiger partial charge in [-0.1, -0.05) is 0 Å². The van der Waals surface area contributed by atoms with Crippen molar-refractivity contribution in [3.05, 3.63) is 33.4 Å². The van der Waals surface area contributed by atoms with Gasteiger partial charge >= 0.3 is 5.97 Å². The van der Waals surface area contributed by atoms with Crippen LogP contribution >= 0.6 is 0 Å². The maximum atomic E-state index is 11.6. The van der Waals surface area contributed by atoms with E-state index < -0.39 is 5.97 Å². The van der Waals surface area contributed by atoms with E-state index in [4.69, 9.17) is 4.74 Å². The highest BCUT2D eigenvalue weighted by Crippen LogP contribution is 2.11. The lowest BCUT2D eigenvalue weighted by Crippen LogP contribution is -2.16. The first-order chi connectivity index (χ1) is 8.06. The summed E-state index contributed by atoms with van der Waals surface area (Å²) in [5, 5.41) is 4.07. The average molecular weight is 235 g/mol. The minimum Gasteiger partial charge on any atom is -0.462 e. The molecule has 0 fully saturated rings. The van der Waals surface area contributed by atoms with Crippen LogP contribution in [-0.2, 0) is 4.74 Å². The zero-order chi connectivity index (χ0) is 12.6. The van der Waals surface area contributed by atoms with Gasteiger partial charge in [0.25, 0.3) is 5.56 Å². The third kappa shape index (κ3) is 1.71. The molecular formula is C11H13N3O3. The summed E-state index contributed by atoms with van der Waals surface area (Å²) in [6, 6.07) is 0. The van der Waals surface area contributed by atoms with Crippen LogP contribution in [0.5, 0.6) is 0 Å². The minimum absolute atomic E-state index is 0.221. The first-order valence-electron chi connectivity index (χ1n) is 5.30. The molecule has 0 aromatic carbocycles. The quantitative estimate of drug-likeness (QED) is 0.782. The van der Waals surface area contributed by atoms with Crippen molar-refractivity contribution in [2.75, 3.05) is 6.61 Å². The molecule has 2 rings (SSSR count). The zero-order valence-corrected chi connectivity index (χ0v) is 9.90. The van der Waals surface area contributed by atoms with Gasteiger partial charge in [-0.3, -0.25) is 4.79 Å². The topological polar surface area (TPSA) is 76.5 Å². The standard InChI is InChI=1S/C11H13N3O3/c1-4-17-11(16)8-5-12-14-7(3)6(2)10(15)13-9(8)14/h5H,4H2,1-3H3,(H,13,15). The fraction of sp³-hybridized carbons (Fsp3) is 0.364. The number of H-pyrrole nitrogens is 1. The second kappa shape index (κ2) is 4.04. The van der Waals surface area contributed by atoms with E-state index >= 15 is 0 Å².